The fourth-order valence-electron chi connectivity index (χ4n) is 0.935. The molecule has 0 saturated heterocycles. The summed E-state index contributed by atoms with van der Waals surface area (Å²) in [5, 5.41) is 18.9. The highest BCUT2D eigenvalue weighted by atomic mass is 35.5. The third-order valence-electron chi connectivity index (χ3n) is 1.74. The SMILES string of the molecule is CC(=O)OC(Cl)C(O)COCC(O)C(Cl)OC(C)=O. The third-order valence-corrected chi connectivity index (χ3v) is 2.50. The van der Waals surface area contributed by atoms with Gasteiger partial charge in [-0.3, -0.25) is 9.59 Å². The van der Waals surface area contributed by atoms with Crippen LogP contribution in [0.2, 0.25) is 0 Å². The molecule has 0 saturated carbocycles. The van der Waals surface area contributed by atoms with Crippen LogP contribution < -0.4 is 0 Å². The first-order valence-corrected chi connectivity index (χ1v) is 6.17. The lowest BCUT2D eigenvalue weighted by atomic mass is 10.4. The quantitative estimate of drug-likeness (QED) is 0.479. The molecule has 4 atom stereocenters. The van der Waals surface area contributed by atoms with Gasteiger partial charge in [-0.2, -0.15) is 0 Å². The highest BCUT2D eigenvalue weighted by Gasteiger charge is 2.22. The Morgan fingerprint density at radius 3 is 1.53 bits per heavy atom. The maximum absolute atomic E-state index is 10.6. The van der Waals surface area contributed by atoms with Crippen LogP contribution in [-0.4, -0.2) is 58.7 Å². The predicted molar refractivity (Wildman–Crippen MR) is 65.6 cm³/mol. The summed E-state index contributed by atoms with van der Waals surface area (Å²) in [6, 6.07) is 0. The van der Waals surface area contributed by atoms with Crippen molar-refractivity contribution in [3.8, 4) is 0 Å². The van der Waals surface area contributed by atoms with E-state index in [1.54, 1.807) is 0 Å². The molecule has 2 N–H and O–H groups in total. The number of halogens is 2. The van der Waals surface area contributed by atoms with Gasteiger partial charge in [-0.1, -0.05) is 23.2 Å². The lowest BCUT2D eigenvalue weighted by molar-refractivity contribution is -0.150. The normalized spacial score (nSPS) is 17.2. The van der Waals surface area contributed by atoms with Gasteiger partial charge in [0.15, 0.2) is 0 Å². The molecule has 0 amide bonds. The van der Waals surface area contributed by atoms with E-state index in [0.29, 0.717) is 0 Å². The summed E-state index contributed by atoms with van der Waals surface area (Å²) in [4.78, 5) is 21.1. The van der Waals surface area contributed by atoms with Crippen molar-refractivity contribution in [2.45, 2.75) is 37.2 Å². The van der Waals surface area contributed by atoms with E-state index >= 15 is 0 Å². The number of carbonyl (C=O) groups excluding carboxylic acids is 2. The van der Waals surface area contributed by atoms with Gasteiger partial charge in [0.25, 0.3) is 0 Å². The van der Waals surface area contributed by atoms with Gasteiger partial charge < -0.3 is 24.4 Å². The molecule has 0 aliphatic rings. The molecular formula is C10H16Cl2O7. The topological polar surface area (TPSA) is 102 Å². The number of alkyl halides is 2. The monoisotopic (exact) mass is 318 g/mol. The molecule has 7 nitrogen and oxygen atoms in total. The number of rotatable bonds is 8. The van der Waals surface area contributed by atoms with Crippen molar-refractivity contribution in [3.05, 3.63) is 0 Å². The van der Waals surface area contributed by atoms with Gasteiger partial charge in [0.05, 0.1) is 13.2 Å². The van der Waals surface area contributed by atoms with Crippen molar-refractivity contribution in [2.75, 3.05) is 13.2 Å². The number of ether oxygens (including phenoxy) is 3. The number of aliphatic hydroxyl groups excluding tert-OH is 2. The maximum Gasteiger partial charge on any atom is 0.304 e. The van der Waals surface area contributed by atoms with Gasteiger partial charge in [0.1, 0.15) is 12.2 Å². The van der Waals surface area contributed by atoms with Crippen LogP contribution in [0.25, 0.3) is 0 Å². The zero-order valence-electron chi connectivity index (χ0n) is 10.4. The fourth-order valence-corrected chi connectivity index (χ4v) is 1.33. The molecule has 19 heavy (non-hydrogen) atoms. The van der Waals surface area contributed by atoms with Crippen molar-refractivity contribution in [3.63, 3.8) is 0 Å². The van der Waals surface area contributed by atoms with Gasteiger partial charge in [-0.15, -0.1) is 0 Å². The van der Waals surface area contributed by atoms with Crippen molar-refractivity contribution in [2.24, 2.45) is 0 Å². The average Bonchev–Trinajstić information content (AvgIpc) is 2.26. The second kappa shape index (κ2) is 9.33. The van der Waals surface area contributed by atoms with E-state index in [-0.39, 0.29) is 13.2 Å². The molecule has 112 valence electrons. The summed E-state index contributed by atoms with van der Waals surface area (Å²) in [7, 11) is 0. The standard InChI is InChI=1S/C10H16Cl2O7/c1-5(13)18-9(11)7(15)3-17-4-8(16)10(12)19-6(2)14/h7-10,15-16H,3-4H2,1-2H3. The molecule has 0 aromatic rings. The Morgan fingerprint density at radius 1 is 0.947 bits per heavy atom. The summed E-state index contributed by atoms with van der Waals surface area (Å²) < 4.78 is 13.9. The van der Waals surface area contributed by atoms with Crippen LogP contribution in [0.5, 0.6) is 0 Å². The average molecular weight is 319 g/mol. The molecule has 0 spiro atoms. The Labute approximate surface area is 120 Å². The van der Waals surface area contributed by atoms with E-state index in [0.717, 1.165) is 13.8 Å². The van der Waals surface area contributed by atoms with E-state index in [4.69, 9.17) is 27.9 Å². The molecule has 0 aromatic heterocycles. The van der Waals surface area contributed by atoms with Crippen molar-refractivity contribution < 1.29 is 34.0 Å². The molecule has 4 unspecified atom stereocenters. The second-order valence-electron chi connectivity index (χ2n) is 3.59. The maximum atomic E-state index is 10.6. The largest absolute Gasteiger partial charge is 0.443 e. The summed E-state index contributed by atoms with van der Waals surface area (Å²) in [6.45, 7) is 1.71. The molecule has 0 fully saturated rings. The van der Waals surface area contributed by atoms with E-state index in [1.807, 2.05) is 0 Å². The lowest BCUT2D eigenvalue weighted by Crippen LogP contribution is -2.34. The molecule has 0 aliphatic carbocycles. The van der Waals surface area contributed by atoms with Gasteiger partial charge in [-0.25, -0.2) is 0 Å². The van der Waals surface area contributed by atoms with E-state index < -0.39 is 35.3 Å². The molecule has 0 heterocycles. The molecule has 0 bridgehead atoms. The summed E-state index contributed by atoms with van der Waals surface area (Å²) in [5.41, 5.74) is -2.51. The minimum Gasteiger partial charge on any atom is -0.443 e. The van der Waals surface area contributed by atoms with Crippen LogP contribution >= 0.6 is 23.2 Å². The van der Waals surface area contributed by atoms with Crippen molar-refractivity contribution >= 4 is 35.1 Å². The first kappa shape index (κ1) is 18.4. The number of carbonyl (C=O) groups is 2. The molecule has 0 aromatic carbocycles. The smallest absolute Gasteiger partial charge is 0.304 e. The second-order valence-corrected chi connectivity index (χ2v) is 4.45. The number of esters is 2. The lowest BCUT2D eigenvalue weighted by Gasteiger charge is -2.19. The Morgan fingerprint density at radius 2 is 1.26 bits per heavy atom. The summed E-state index contributed by atoms with van der Waals surface area (Å²) in [6.07, 6.45) is -2.53. The van der Waals surface area contributed by atoms with E-state index in [9.17, 15) is 19.8 Å². The van der Waals surface area contributed by atoms with Crippen LogP contribution in [-0.2, 0) is 23.8 Å². The minimum absolute atomic E-state index is 0.289. The highest BCUT2D eigenvalue weighted by molar-refractivity contribution is 6.20. The Hall–Kier alpha value is -0.600. The Balaban J connectivity index is 3.88. The zero-order chi connectivity index (χ0) is 15.0. The molecule has 0 radical (unpaired) electrons. The number of aliphatic hydroxyl groups is 2. The van der Waals surface area contributed by atoms with Crippen LogP contribution in [0.4, 0.5) is 0 Å². The zero-order valence-corrected chi connectivity index (χ0v) is 11.9. The van der Waals surface area contributed by atoms with Crippen LogP contribution in [0.1, 0.15) is 13.8 Å². The summed E-state index contributed by atoms with van der Waals surface area (Å²) in [5.74, 6) is -1.29. The van der Waals surface area contributed by atoms with Crippen LogP contribution in [0, 0.1) is 0 Å². The summed E-state index contributed by atoms with van der Waals surface area (Å²) >= 11 is 11.1. The molecule has 0 rings (SSSR count). The Kier molecular flexibility index (Phi) is 9.03. The highest BCUT2D eigenvalue weighted by Crippen LogP contribution is 2.09. The van der Waals surface area contributed by atoms with Crippen molar-refractivity contribution in [1.29, 1.82) is 0 Å². The Bertz CT molecular complexity index is 272. The predicted octanol–water partition coefficient (Wildman–Crippen LogP) is -0.0192. The fraction of sp³-hybridized carbons (Fsp3) is 0.800. The van der Waals surface area contributed by atoms with Crippen molar-refractivity contribution in [1.82, 2.24) is 0 Å². The molecule has 9 heteroatoms. The van der Waals surface area contributed by atoms with Crippen LogP contribution in [0.3, 0.4) is 0 Å². The number of hydrogen-bond donors (Lipinski definition) is 2. The van der Waals surface area contributed by atoms with Crippen LogP contribution in [0.15, 0.2) is 0 Å². The third kappa shape index (κ3) is 9.01. The number of hydrogen-bond acceptors (Lipinski definition) is 7. The van der Waals surface area contributed by atoms with Gasteiger partial charge >= 0.3 is 11.9 Å². The molecule has 0 aliphatic heterocycles. The van der Waals surface area contributed by atoms with Gasteiger partial charge in [-0.05, 0) is 0 Å². The van der Waals surface area contributed by atoms with E-state index in [1.165, 1.54) is 0 Å². The van der Waals surface area contributed by atoms with Gasteiger partial charge in [0.2, 0.25) is 11.1 Å². The van der Waals surface area contributed by atoms with Gasteiger partial charge in [0, 0.05) is 13.8 Å². The first-order chi connectivity index (χ1) is 8.73. The first-order valence-electron chi connectivity index (χ1n) is 5.30. The van der Waals surface area contributed by atoms with E-state index in [2.05, 4.69) is 9.47 Å². The molecular weight excluding hydrogens is 303 g/mol. The minimum atomic E-state index is -1.26.